The Hall–Kier alpha value is -3.08. The standard InChI is InChI=1S/C27H32N2O3/c1-27(2)17-20-13-14-22(32-3)15-23(20)24(29-27)16-25(30)18-9-11-19(12-10-18)26(31)28-21-7-5-4-6-8-21/h9-16,21,29H,4-8,17H2,1-3H3,(H,28,31)/b24-16-. The minimum atomic E-state index is -0.158. The topological polar surface area (TPSA) is 67.4 Å². The third kappa shape index (κ3) is 5.04. The number of carbonyl (C=O) groups is 2. The summed E-state index contributed by atoms with van der Waals surface area (Å²) >= 11 is 0. The van der Waals surface area contributed by atoms with Gasteiger partial charge in [0, 0.05) is 40.0 Å². The average molecular weight is 433 g/mol. The number of ketones is 1. The molecule has 2 aliphatic rings. The predicted octanol–water partition coefficient (Wildman–Crippen LogP) is 4.91. The van der Waals surface area contributed by atoms with Gasteiger partial charge in [0.15, 0.2) is 5.78 Å². The lowest BCUT2D eigenvalue weighted by molar-refractivity contribution is 0.0926. The van der Waals surface area contributed by atoms with Gasteiger partial charge in [0.1, 0.15) is 5.75 Å². The van der Waals surface area contributed by atoms with E-state index in [-0.39, 0.29) is 23.3 Å². The highest BCUT2D eigenvalue weighted by Gasteiger charge is 2.28. The van der Waals surface area contributed by atoms with E-state index in [1.807, 2.05) is 12.1 Å². The molecule has 0 radical (unpaired) electrons. The number of hydrogen-bond donors (Lipinski definition) is 2. The van der Waals surface area contributed by atoms with E-state index in [9.17, 15) is 9.59 Å². The molecule has 168 valence electrons. The van der Waals surface area contributed by atoms with E-state index in [0.29, 0.717) is 11.1 Å². The van der Waals surface area contributed by atoms with E-state index in [1.165, 1.54) is 24.8 Å². The third-order valence-corrected chi connectivity index (χ3v) is 6.36. The molecule has 0 saturated heterocycles. The van der Waals surface area contributed by atoms with E-state index in [2.05, 4.69) is 30.5 Å². The third-order valence-electron chi connectivity index (χ3n) is 6.36. The summed E-state index contributed by atoms with van der Waals surface area (Å²) in [5, 5.41) is 6.62. The molecule has 0 aromatic heterocycles. The maximum Gasteiger partial charge on any atom is 0.251 e. The van der Waals surface area contributed by atoms with E-state index >= 15 is 0 Å². The number of hydrogen-bond acceptors (Lipinski definition) is 4. The molecular weight excluding hydrogens is 400 g/mol. The minimum Gasteiger partial charge on any atom is -0.497 e. The number of carbonyl (C=O) groups excluding carboxylic acids is 2. The second-order valence-corrected chi connectivity index (χ2v) is 9.52. The molecular formula is C27H32N2O3. The van der Waals surface area contributed by atoms with Crippen LogP contribution in [0.2, 0.25) is 0 Å². The van der Waals surface area contributed by atoms with Crippen LogP contribution in [0.4, 0.5) is 0 Å². The Balaban J connectivity index is 1.52. The van der Waals surface area contributed by atoms with Crippen molar-refractivity contribution in [3.05, 3.63) is 70.8 Å². The Labute approximate surface area is 190 Å². The van der Waals surface area contributed by atoms with Gasteiger partial charge >= 0.3 is 0 Å². The van der Waals surface area contributed by atoms with E-state index in [0.717, 1.165) is 36.3 Å². The van der Waals surface area contributed by atoms with E-state index in [1.54, 1.807) is 37.5 Å². The molecule has 4 rings (SSSR count). The summed E-state index contributed by atoms with van der Waals surface area (Å²) in [6, 6.07) is 13.2. The zero-order chi connectivity index (χ0) is 22.7. The maximum atomic E-state index is 13.0. The number of methoxy groups -OCH3 is 1. The van der Waals surface area contributed by atoms with Gasteiger partial charge in [0.25, 0.3) is 5.91 Å². The fraction of sp³-hybridized carbons (Fsp3) is 0.407. The SMILES string of the molecule is COc1ccc2c(c1)/C(=C/C(=O)c1ccc(C(=O)NC3CCCCC3)cc1)NC(C)(C)C2. The van der Waals surface area contributed by atoms with Crippen molar-refractivity contribution in [1.29, 1.82) is 0 Å². The van der Waals surface area contributed by atoms with Gasteiger partial charge in [-0.1, -0.05) is 37.5 Å². The van der Waals surface area contributed by atoms with Crippen molar-refractivity contribution in [2.24, 2.45) is 0 Å². The van der Waals surface area contributed by atoms with Gasteiger partial charge < -0.3 is 15.4 Å². The maximum absolute atomic E-state index is 13.0. The number of benzene rings is 2. The summed E-state index contributed by atoms with van der Waals surface area (Å²) in [6.45, 7) is 4.25. The fourth-order valence-electron chi connectivity index (χ4n) is 4.67. The zero-order valence-corrected chi connectivity index (χ0v) is 19.2. The molecule has 1 fully saturated rings. The van der Waals surface area contributed by atoms with Crippen LogP contribution in [0.15, 0.2) is 48.5 Å². The number of ether oxygens (including phenoxy) is 1. The monoisotopic (exact) mass is 432 g/mol. The normalized spacial score (nSPS) is 19.0. The lowest BCUT2D eigenvalue weighted by Gasteiger charge is -2.35. The van der Waals surface area contributed by atoms with Crippen molar-refractivity contribution >= 4 is 17.4 Å². The first kappa shape index (κ1) is 22.1. The molecule has 5 nitrogen and oxygen atoms in total. The Kier molecular flexibility index (Phi) is 6.35. The molecule has 2 N–H and O–H groups in total. The summed E-state index contributed by atoms with van der Waals surface area (Å²) in [5.41, 5.74) is 3.95. The van der Waals surface area contributed by atoms with Gasteiger partial charge in [-0.05, 0) is 62.9 Å². The second-order valence-electron chi connectivity index (χ2n) is 9.52. The predicted molar refractivity (Wildman–Crippen MR) is 127 cm³/mol. The quantitative estimate of drug-likeness (QED) is 0.521. The highest BCUT2D eigenvalue weighted by atomic mass is 16.5. The Morgan fingerprint density at radius 1 is 1.03 bits per heavy atom. The fourth-order valence-corrected chi connectivity index (χ4v) is 4.67. The van der Waals surface area contributed by atoms with Crippen LogP contribution in [0.25, 0.3) is 5.70 Å². The van der Waals surface area contributed by atoms with Crippen molar-refractivity contribution < 1.29 is 14.3 Å². The van der Waals surface area contributed by atoms with Crippen LogP contribution in [-0.2, 0) is 6.42 Å². The highest BCUT2D eigenvalue weighted by molar-refractivity contribution is 6.09. The van der Waals surface area contributed by atoms with Crippen LogP contribution in [0.5, 0.6) is 5.75 Å². The second kappa shape index (κ2) is 9.19. The number of allylic oxidation sites excluding steroid dienone is 1. The van der Waals surface area contributed by atoms with Crippen LogP contribution in [0.3, 0.4) is 0 Å². The lowest BCUT2D eigenvalue weighted by atomic mass is 9.85. The van der Waals surface area contributed by atoms with Gasteiger partial charge in [-0.15, -0.1) is 0 Å². The van der Waals surface area contributed by atoms with Gasteiger partial charge in [0.2, 0.25) is 0 Å². The van der Waals surface area contributed by atoms with Crippen LogP contribution in [-0.4, -0.2) is 30.4 Å². The van der Waals surface area contributed by atoms with Crippen molar-refractivity contribution in [2.75, 3.05) is 7.11 Å². The van der Waals surface area contributed by atoms with Gasteiger partial charge in [-0.2, -0.15) is 0 Å². The summed E-state index contributed by atoms with van der Waals surface area (Å²) < 4.78 is 5.38. The molecule has 1 aliphatic heterocycles. The van der Waals surface area contributed by atoms with Gasteiger partial charge in [-0.3, -0.25) is 9.59 Å². The lowest BCUT2D eigenvalue weighted by Crippen LogP contribution is -2.43. The van der Waals surface area contributed by atoms with E-state index in [4.69, 9.17) is 4.74 Å². The molecule has 1 heterocycles. The molecule has 0 atom stereocenters. The summed E-state index contributed by atoms with van der Waals surface area (Å²) in [7, 11) is 1.64. The van der Waals surface area contributed by atoms with Crippen molar-refractivity contribution in [3.63, 3.8) is 0 Å². The van der Waals surface area contributed by atoms with Crippen molar-refractivity contribution in [1.82, 2.24) is 10.6 Å². The van der Waals surface area contributed by atoms with Crippen LogP contribution < -0.4 is 15.4 Å². The van der Waals surface area contributed by atoms with Gasteiger partial charge in [-0.25, -0.2) is 0 Å². The zero-order valence-electron chi connectivity index (χ0n) is 19.2. The highest BCUT2D eigenvalue weighted by Crippen LogP contribution is 2.32. The van der Waals surface area contributed by atoms with Crippen LogP contribution in [0, 0.1) is 0 Å². The number of amides is 1. The molecule has 1 saturated carbocycles. The average Bonchev–Trinajstić information content (AvgIpc) is 2.79. The van der Waals surface area contributed by atoms with Gasteiger partial charge in [0.05, 0.1) is 7.11 Å². The molecule has 2 aromatic carbocycles. The Morgan fingerprint density at radius 3 is 2.41 bits per heavy atom. The summed E-state index contributed by atoms with van der Waals surface area (Å²) in [5.74, 6) is 0.598. The Bertz CT molecular complexity index is 1030. The largest absolute Gasteiger partial charge is 0.497 e. The van der Waals surface area contributed by atoms with Crippen molar-refractivity contribution in [3.8, 4) is 5.75 Å². The van der Waals surface area contributed by atoms with Crippen molar-refractivity contribution in [2.45, 2.75) is 64.0 Å². The number of nitrogens with one attached hydrogen (secondary N) is 2. The van der Waals surface area contributed by atoms with E-state index < -0.39 is 0 Å². The first-order valence-electron chi connectivity index (χ1n) is 11.5. The first-order chi connectivity index (χ1) is 15.3. The Morgan fingerprint density at radius 2 is 1.72 bits per heavy atom. The molecule has 0 unspecified atom stereocenters. The smallest absolute Gasteiger partial charge is 0.251 e. The molecule has 0 spiro atoms. The molecule has 1 amide bonds. The molecule has 0 bridgehead atoms. The first-order valence-corrected chi connectivity index (χ1v) is 11.5. The number of fused-ring (bicyclic) bond motifs is 1. The summed E-state index contributed by atoms with van der Waals surface area (Å²) in [6.07, 6.45) is 8.21. The van der Waals surface area contributed by atoms with Crippen LogP contribution >= 0.6 is 0 Å². The minimum absolute atomic E-state index is 0.0639. The molecule has 1 aliphatic carbocycles. The number of rotatable bonds is 5. The molecule has 2 aromatic rings. The van der Waals surface area contributed by atoms with Crippen LogP contribution in [0.1, 0.15) is 77.8 Å². The summed E-state index contributed by atoms with van der Waals surface area (Å²) in [4.78, 5) is 25.6. The molecule has 32 heavy (non-hydrogen) atoms. The molecule has 5 heteroatoms.